The molecule has 8 heteroatoms. The van der Waals surface area contributed by atoms with Crippen LogP contribution in [-0.4, -0.2) is 15.9 Å². The lowest BCUT2D eigenvalue weighted by Gasteiger charge is -2.06. The first-order chi connectivity index (χ1) is 12.1. The predicted molar refractivity (Wildman–Crippen MR) is 96.4 cm³/mol. The number of carbonyl (C=O) groups excluding carboxylic acids is 1. The maximum atomic E-state index is 11.7. The third-order valence-corrected chi connectivity index (χ3v) is 4.56. The van der Waals surface area contributed by atoms with E-state index in [1.54, 1.807) is 12.4 Å². The number of fused-ring (bicyclic) bond motifs is 1. The van der Waals surface area contributed by atoms with Crippen LogP contribution in [0.3, 0.4) is 0 Å². The first-order valence-corrected chi connectivity index (χ1v) is 8.87. The van der Waals surface area contributed by atoms with E-state index < -0.39 is 5.92 Å². The minimum atomic E-state index is -0.676. The van der Waals surface area contributed by atoms with E-state index in [4.69, 9.17) is 21.6 Å². The van der Waals surface area contributed by atoms with Gasteiger partial charge in [-0.2, -0.15) is 5.26 Å². The smallest absolute Gasteiger partial charge is 0.237 e. The van der Waals surface area contributed by atoms with Crippen molar-refractivity contribution in [3.63, 3.8) is 0 Å². The van der Waals surface area contributed by atoms with E-state index in [2.05, 4.69) is 15.3 Å². The second kappa shape index (κ2) is 7.55. The van der Waals surface area contributed by atoms with Gasteiger partial charge in [-0.15, -0.1) is 11.3 Å². The molecule has 2 N–H and O–H groups in total. The van der Waals surface area contributed by atoms with E-state index in [0.29, 0.717) is 23.9 Å². The average molecular weight is 375 g/mol. The number of H-pyrrole nitrogens is 1. The number of carbonyl (C=O) groups is 1. The van der Waals surface area contributed by atoms with Crippen LogP contribution in [-0.2, 0) is 17.9 Å². The van der Waals surface area contributed by atoms with Gasteiger partial charge in [-0.25, -0.2) is 4.98 Å². The number of benzene rings is 1. The lowest BCUT2D eigenvalue weighted by molar-refractivity contribution is -0.123. The van der Waals surface area contributed by atoms with Crippen molar-refractivity contribution in [1.29, 1.82) is 5.26 Å². The van der Waals surface area contributed by atoms with E-state index in [1.165, 1.54) is 11.3 Å². The molecule has 1 atom stereocenters. The average Bonchev–Trinajstić information content (AvgIpc) is 3.25. The second-order valence-electron chi connectivity index (χ2n) is 5.50. The molecular weight excluding hydrogens is 360 g/mol. The number of thiazole rings is 1. The maximum Gasteiger partial charge on any atom is 0.237 e. The van der Waals surface area contributed by atoms with Crippen LogP contribution in [0, 0.1) is 17.2 Å². The molecule has 0 saturated heterocycles. The molecule has 0 unspecified atom stereocenters. The first-order valence-electron chi connectivity index (χ1n) is 7.55. The molecule has 1 aromatic carbocycles. The summed E-state index contributed by atoms with van der Waals surface area (Å²) in [7, 11) is 0. The van der Waals surface area contributed by atoms with Crippen LogP contribution >= 0.6 is 22.9 Å². The van der Waals surface area contributed by atoms with Gasteiger partial charge in [0.25, 0.3) is 0 Å². The zero-order valence-electron chi connectivity index (χ0n) is 13.4. The van der Waals surface area contributed by atoms with Gasteiger partial charge < -0.3 is 15.0 Å². The van der Waals surface area contributed by atoms with Crippen LogP contribution in [0.1, 0.15) is 18.3 Å². The summed E-state index contributed by atoms with van der Waals surface area (Å²) in [5, 5.41) is 14.8. The van der Waals surface area contributed by atoms with E-state index in [9.17, 15) is 4.79 Å². The fourth-order valence-electron chi connectivity index (χ4n) is 2.25. The van der Waals surface area contributed by atoms with E-state index in [1.807, 2.05) is 29.6 Å². The van der Waals surface area contributed by atoms with Crippen molar-refractivity contribution in [3.05, 3.63) is 45.5 Å². The highest BCUT2D eigenvalue weighted by molar-refractivity contribution is 7.07. The van der Waals surface area contributed by atoms with Crippen LogP contribution in [0.25, 0.3) is 10.9 Å². The standard InChI is InChI=1S/C17H15ClN4O2S/c1-10(5-19)17(23)20-6-12-2-11-3-14(18)16(4-15(11)22-12)24-7-13-8-25-9-21-13/h2-4,8-10,22H,6-7H2,1H3,(H,20,23)/t10-/m0/s1. The Morgan fingerprint density at radius 3 is 3.08 bits per heavy atom. The van der Waals surface area contributed by atoms with Gasteiger partial charge in [-0.1, -0.05) is 11.6 Å². The summed E-state index contributed by atoms with van der Waals surface area (Å²) in [5.74, 6) is -0.409. The number of aromatic amines is 1. The SMILES string of the molecule is C[C@@H](C#N)C(=O)NCc1cc2cc(Cl)c(OCc3cscn3)cc2[nH]1. The van der Waals surface area contributed by atoms with E-state index in [0.717, 1.165) is 22.3 Å². The van der Waals surface area contributed by atoms with Gasteiger partial charge in [0.05, 0.1) is 28.8 Å². The van der Waals surface area contributed by atoms with Crippen LogP contribution in [0.15, 0.2) is 29.1 Å². The molecule has 2 heterocycles. The molecule has 0 aliphatic heterocycles. The highest BCUT2D eigenvalue weighted by Gasteiger charge is 2.12. The van der Waals surface area contributed by atoms with Crippen molar-refractivity contribution in [2.24, 2.45) is 5.92 Å². The predicted octanol–water partition coefficient (Wildman–Crippen LogP) is 3.63. The summed E-state index contributed by atoms with van der Waals surface area (Å²) in [6.45, 7) is 2.23. The number of nitrogens with zero attached hydrogens (tertiary/aromatic N) is 2. The van der Waals surface area contributed by atoms with Gasteiger partial charge in [0.15, 0.2) is 0 Å². The minimum absolute atomic E-state index is 0.300. The number of aromatic nitrogens is 2. The number of amides is 1. The highest BCUT2D eigenvalue weighted by atomic mass is 35.5. The molecule has 25 heavy (non-hydrogen) atoms. The Morgan fingerprint density at radius 1 is 1.52 bits per heavy atom. The molecule has 6 nitrogen and oxygen atoms in total. The Labute approximate surface area is 153 Å². The lowest BCUT2D eigenvalue weighted by atomic mass is 10.2. The Hall–Kier alpha value is -2.56. The zero-order valence-corrected chi connectivity index (χ0v) is 14.9. The number of nitriles is 1. The van der Waals surface area contributed by atoms with Crippen molar-refractivity contribution in [2.45, 2.75) is 20.1 Å². The Bertz CT molecular complexity index is 930. The van der Waals surface area contributed by atoms with Crippen LogP contribution in [0.5, 0.6) is 5.75 Å². The molecule has 0 saturated carbocycles. The molecular formula is C17H15ClN4O2S. The number of hydrogen-bond donors (Lipinski definition) is 2. The highest BCUT2D eigenvalue weighted by Crippen LogP contribution is 2.31. The molecule has 3 rings (SSSR count). The largest absolute Gasteiger partial charge is 0.486 e. The number of ether oxygens (including phenoxy) is 1. The molecule has 0 fully saturated rings. The molecule has 3 aromatic rings. The topological polar surface area (TPSA) is 90.8 Å². The Morgan fingerprint density at radius 2 is 2.36 bits per heavy atom. The molecule has 1 amide bonds. The van der Waals surface area contributed by atoms with Gasteiger partial charge in [0.2, 0.25) is 5.91 Å². The molecule has 0 bridgehead atoms. The van der Waals surface area contributed by atoms with Gasteiger partial charge in [0.1, 0.15) is 18.3 Å². The third kappa shape index (κ3) is 4.10. The zero-order chi connectivity index (χ0) is 17.8. The van der Waals surface area contributed by atoms with Gasteiger partial charge in [-0.3, -0.25) is 4.79 Å². The van der Waals surface area contributed by atoms with E-state index >= 15 is 0 Å². The van der Waals surface area contributed by atoms with Crippen LogP contribution in [0.4, 0.5) is 0 Å². The number of hydrogen-bond acceptors (Lipinski definition) is 5. The fourth-order valence-corrected chi connectivity index (χ4v) is 3.02. The van der Waals surface area contributed by atoms with E-state index in [-0.39, 0.29) is 5.91 Å². The number of halogens is 1. The maximum absolute atomic E-state index is 11.7. The normalized spacial score (nSPS) is 11.9. The molecule has 128 valence electrons. The number of nitrogens with one attached hydrogen (secondary N) is 2. The van der Waals surface area contributed by atoms with Crippen molar-refractivity contribution in [1.82, 2.24) is 15.3 Å². The summed E-state index contributed by atoms with van der Waals surface area (Å²) < 4.78 is 5.73. The minimum Gasteiger partial charge on any atom is -0.486 e. The second-order valence-corrected chi connectivity index (χ2v) is 6.63. The van der Waals surface area contributed by atoms with Crippen LogP contribution in [0.2, 0.25) is 5.02 Å². The first kappa shape index (κ1) is 17.3. The van der Waals surface area contributed by atoms with Crippen LogP contribution < -0.4 is 10.1 Å². The Kier molecular flexibility index (Phi) is 5.22. The monoisotopic (exact) mass is 374 g/mol. The van der Waals surface area contributed by atoms with Crippen molar-refractivity contribution in [2.75, 3.05) is 0 Å². The summed E-state index contributed by atoms with van der Waals surface area (Å²) in [6, 6.07) is 7.45. The van der Waals surface area contributed by atoms with Crippen molar-refractivity contribution >= 4 is 39.7 Å². The molecule has 0 aliphatic carbocycles. The van der Waals surface area contributed by atoms with Gasteiger partial charge in [0, 0.05) is 28.0 Å². The van der Waals surface area contributed by atoms with Gasteiger partial charge >= 0.3 is 0 Å². The fraction of sp³-hybridized carbons (Fsp3) is 0.235. The van der Waals surface area contributed by atoms with Crippen molar-refractivity contribution < 1.29 is 9.53 Å². The molecule has 0 radical (unpaired) electrons. The summed E-state index contributed by atoms with van der Waals surface area (Å²) in [6.07, 6.45) is 0. The number of rotatable bonds is 6. The third-order valence-electron chi connectivity index (χ3n) is 3.63. The Balaban J connectivity index is 1.72. The summed E-state index contributed by atoms with van der Waals surface area (Å²) in [5.41, 5.74) is 4.28. The lowest BCUT2D eigenvalue weighted by Crippen LogP contribution is -2.27. The molecule has 0 spiro atoms. The van der Waals surface area contributed by atoms with Gasteiger partial charge in [-0.05, 0) is 19.1 Å². The summed E-state index contributed by atoms with van der Waals surface area (Å²) >= 11 is 7.79. The quantitative estimate of drug-likeness (QED) is 0.689. The summed E-state index contributed by atoms with van der Waals surface area (Å²) in [4.78, 5) is 19.1. The van der Waals surface area contributed by atoms with Crippen molar-refractivity contribution in [3.8, 4) is 11.8 Å². The molecule has 0 aliphatic rings. The molecule has 2 aromatic heterocycles.